The van der Waals surface area contributed by atoms with E-state index in [2.05, 4.69) is 5.32 Å². The third-order valence-electron chi connectivity index (χ3n) is 2.65. The smallest absolute Gasteiger partial charge is 0.239 e. The van der Waals surface area contributed by atoms with E-state index in [1.165, 1.54) is 0 Å². The third kappa shape index (κ3) is 2.96. The molecule has 1 saturated heterocycles. The highest BCUT2D eigenvalue weighted by molar-refractivity contribution is 5.81. The first-order chi connectivity index (χ1) is 6.65. The quantitative estimate of drug-likeness (QED) is 0.702. The largest absolute Gasteiger partial charge is 0.384 e. The summed E-state index contributed by atoms with van der Waals surface area (Å²) in [4.78, 5) is 13.3. The predicted molar refractivity (Wildman–Crippen MR) is 55.1 cm³/mol. The topological polar surface area (TPSA) is 41.6 Å². The van der Waals surface area contributed by atoms with Gasteiger partial charge in [-0.15, -0.1) is 0 Å². The Kier molecular flexibility index (Phi) is 4.35. The van der Waals surface area contributed by atoms with Gasteiger partial charge in [0.2, 0.25) is 5.91 Å². The molecule has 2 atom stereocenters. The van der Waals surface area contributed by atoms with E-state index in [1.54, 1.807) is 26.1 Å². The molecule has 82 valence electrons. The van der Waals surface area contributed by atoms with Crippen LogP contribution in [0, 0.1) is 5.92 Å². The predicted octanol–water partition coefficient (Wildman–Crippen LogP) is 0.0892. The maximum Gasteiger partial charge on any atom is 0.239 e. The number of likely N-dealkylation sites (N-methyl/N-ethyl adjacent to an activating group) is 1. The van der Waals surface area contributed by atoms with E-state index in [0.29, 0.717) is 5.92 Å². The number of carbonyl (C=O) groups excluding carboxylic acids is 1. The minimum absolute atomic E-state index is 0.0149. The highest BCUT2D eigenvalue weighted by atomic mass is 16.5. The molecule has 0 bridgehead atoms. The van der Waals surface area contributed by atoms with Crippen molar-refractivity contribution in [2.24, 2.45) is 5.92 Å². The minimum Gasteiger partial charge on any atom is -0.384 e. The van der Waals surface area contributed by atoms with Crippen molar-refractivity contribution in [1.29, 1.82) is 0 Å². The summed E-state index contributed by atoms with van der Waals surface area (Å²) in [6, 6.07) is -0.0149. The van der Waals surface area contributed by atoms with Gasteiger partial charge in [-0.25, -0.2) is 0 Å². The highest BCUT2D eigenvalue weighted by Gasteiger charge is 2.27. The SMILES string of the molecule is COCC1CCNC(C(=O)N(C)C)C1. The summed E-state index contributed by atoms with van der Waals surface area (Å²) in [5.74, 6) is 0.695. The van der Waals surface area contributed by atoms with E-state index < -0.39 is 0 Å². The second-order valence-electron chi connectivity index (χ2n) is 4.09. The van der Waals surface area contributed by atoms with Crippen molar-refractivity contribution in [3.63, 3.8) is 0 Å². The Bertz CT molecular complexity index is 193. The van der Waals surface area contributed by atoms with Gasteiger partial charge >= 0.3 is 0 Å². The van der Waals surface area contributed by atoms with Crippen LogP contribution in [0.3, 0.4) is 0 Å². The van der Waals surface area contributed by atoms with Gasteiger partial charge in [-0.1, -0.05) is 0 Å². The minimum atomic E-state index is -0.0149. The van der Waals surface area contributed by atoms with E-state index in [1.807, 2.05) is 0 Å². The van der Waals surface area contributed by atoms with Gasteiger partial charge in [0, 0.05) is 27.8 Å². The Morgan fingerprint density at radius 2 is 2.29 bits per heavy atom. The number of hydrogen-bond donors (Lipinski definition) is 1. The molecule has 0 aliphatic carbocycles. The molecule has 4 heteroatoms. The fourth-order valence-electron chi connectivity index (χ4n) is 1.88. The molecule has 1 amide bonds. The van der Waals surface area contributed by atoms with Crippen LogP contribution in [-0.4, -0.2) is 51.2 Å². The van der Waals surface area contributed by atoms with Gasteiger partial charge in [-0.2, -0.15) is 0 Å². The molecule has 1 aliphatic rings. The van der Waals surface area contributed by atoms with Crippen molar-refractivity contribution < 1.29 is 9.53 Å². The lowest BCUT2D eigenvalue weighted by Crippen LogP contribution is -2.48. The van der Waals surface area contributed by atoms with Gasteiger partial charge in [-0.3, -0.25) is 4.79 Å². The maximum atomic E-state index is 11.7. The Morgan fingerprint density at radius 1 is 1.57 bits per heavy atom. The first-order valence-corrected chi connectivity index (χ1v) is 5.08. The third-order valence-corrected chi connectivity index (χ3v) is 2.65. The van der Waals surface area contributed by atoms with Crippen molar-refractivity contribution in [2.45, 2.75) is 18.9 Å². The van der Waals surface area contributed by atoms with Gasteiger partial charge in [0.15, 0.2) is 0 Å². The average molecular weight is 200 g/mol. The number of carbonyl (C=O) groups is 1. The first-order valence-electron chi connectivity index (χ1n) is 5.08. The lowest BCUT2D eigenvalue weighted by atomic mass is 9.92. The molecule has 1 fully saturated rings. The molecule has 0 aromatic heterocycles. The van der Waals surface area contributed by atoms with Crippen LogP contribution in [0.1, 0.15) is 12.8 Å². The van der Waals surface area contributed by atoms with Crippen LogP contribution in [0.2, 0.25) is 0 Å². The summed E-state index contributed by atoms with van der Waals surface area (Å²) < 4.78 is 5.12. The molecule has 1 N–H and O–H groups in total. The zero-order valence-corrected chi connectivity index (χ0v) is 9.25. The maximum absolute atomic E-state index is 11.7. The Balaban J connectivity index is 2.43. The summed E-state index contributed by atoms with van der Waals surface area (Å²) in [7, 11) is 5.30. The lowest BCUT2D eigenvalue weighted by Gasteiger charge is -2.30. The van der Waals surface area contributed by atoms with E-state index in [-0.39, 0.29) is 11.9 Å². The van der Waals surface area contributed by atoms with E-state index in [4.69, 9.17) is 4.74 Å². The molecule has 0 spiro atoms. The van der Waals surface area contributed by atoms with Crippen molar-refractivity contribution in [2.75, 3.05) is 34.4 Å². The van der Waals surface area contributed by atoms with Crippen LogP contribution in [-0.2, 0) is 9.53 Å². The molecule has 4 nitrogen and oxygen atoms in total. The molecule has 1 rings (SSSR count). The van der Waals surface area contributed by atoms with Crippen LogP contribution < -0.4 is 5.32 Å². The van der Waals surface area contributed by atoms with Crippen LogP contribution in [0.5, 0.6) is 0 Å². The van der Waals surface area contributed by atoms with Crippen LogP contribution in [0.15, 0.2) is 0 Å². The van der Waals surface area contributed by atoms with Gasteiger partial charge in [0.1, 0.15) is 0 Å². The fraction of sp³-hybridized carbons (Fsp3) is 0.900. The van der Waals surface area contributed by atoms with Gasteiger partial charge in [-0.05, 0) is 25.3 Å². The average Bonchev–Trinajstić information content (AvgIpc) is 2.17. The summed E-state index contributed by atoms with van der Waals surface area (Å²) in [5, 5.41) is 3.24. The number of rotatable bonds is 3. The van der Waals surface area contributed by atoms with Crippen LogP contribution in [0.4, 0.5) is 0 Å². The molecule has 1 aliphatic heterocycles. The molecule has 0 saturated carbocycles. The summed E-state index contributed by atoms with van der Waals surface area (Å²) in [6.07, 6.45) is 2.00. The molecule has 0 aromatic rings. The standard InChI is InChI=1S/C10H20N2O2/c1-12(2)10(13)9-6-8(7-14-3)4-5-11-9/h8-9,11H,4-7H2,1-3H3. The summed E-state index contributed by atoms with van der Waals surface area (Å²) >= 11 is 0. The first kappa shape index (κ1) is 11.5. The molecule has 0 aromatic carbocycles. The van der Waals surface area contributed by atoms with Crippen LogP contribution in [0.25, 0.3) is 0 Å². The number of hydrogen-bond acceptors (Lipinski definition) is 3. The zero-order valence-electron chi connectivity index (χ0n) is 9.25. The van der Waals surface area contributed by atoms with Crippen molar-refractivity contribution >= 4 is 5.91 Å². The van der Waals surface area contributed by atoms with Crippen molar-refractivity contribution in [1.82, 2.24) is 10.2 Å². The Hall–Kier alpha value is -0.610. The van der Waals surface area contributed by atoms with Crippen molar-refractivity contribution in [3.8, 4) is 0 Å². The zero-order chi connectivity index (χ0) is 10.6. The normalized spacial score (nSPS) is 27.4. The Labute approximate surface area is 85.6 Å². The Morgan fingerprint density at radius 3 is 2.86 bits per heavy atom. The van der Waals surface area contributed by atoms with Gasteiger partial charge in [0.05, 0.1) is 6.04 Å². The number of piperidine rings is 1. The number of nitrogens with zero attached hydrogens (tertiary/aromatic N) is 1. The number of nitrogens with one attached hydrogen (secondary N) is 1. The second-order valence-corrected chi connectivity index (χ2v) is 4.09. The number of amides is 1. The van der Waals surface area contributed by atoms with Crippen molar-refractivity contribution in [3.05, 3.63) is 0 Å². The van der Waals surface area contributed by atoms with E-state index in [0.717, 1.165) is 26.0 Å². The molecular formula is C10H20N2O2. The van der Waals surface area contributed by atoms with Crippen LogP contribution >= 0.6 is 0 Å². The summed E-state index contributed by atoms with van der Waals surface area (Å²) in [6.45, 7) is 1.68. The summed E-state index contributed by atoms with van der Waals surface area (Å²) in [5.41, 5.74) is 0. The van der Waals surface area contributed by atoms with E-state index >= 15 is 0 Å². The molecule has 2 unspecified atom stereocenters. The molecule has 1 heterocycles. The monoisotopic (exact) mass is 200 g/mol. The van der Waals surface area contributed by atoms with Gasteiger partial charge < -0.3 is 15.0 Å². The highest BCUT2D eigenvalue weighted by Crippen LogP contribution is 2.17. The molecule has 14 heavy (non-hydrogen) atoms. The molecule has 0 radical (unpaired) electrons. The van der Waals surface area contributed by atoms with Gasteiger partial charge in [0.25, 0.3) is 0 Å². The van der Waals surface area contributed by atoms with E-state index in [9.17, 15) is 4.79 Å². The fourth-order valence-corrected chi connectivity index (χ4v) is 1.88. The number of methoxy groups -OCH3 is 1. The molecular weight excluding hydrogens is 180 g/mol. The number of ether oxygens (including phenoxy) is 1. The lowest BCUT2D eigenvalue weighted by molar-refractivity contribution is -0.132. The second kappa shape index (κ2) is 5.32.